The number of benzene rings is 1. The Kier molecular flexibility index (Phi) is 4.14. The molecule has 1 aromatic heterocycles. The highest BCUT2D eigenvalue weighted by atomic mass is 79.9. The molecular formula is C11H12BrN3O2S2. The number of primary sulfonamides is 1. The van der Waals surface area contributed by atoms with Crippen LogP contribution in [0.25, 0.3) is 0 Å². The van der Waals surface area contributed by atoms with Gasteiger partial charge >= 0.3 is 0 Å². The van der Waals surface area contributed by atoms with Gasteiger partial charge in [0.2, 0.25) is 10.0 Å². The Morgan fingerprint density at radius 1 is 1.26 bits per heavy atom. The SMILES string of the molecule is Nc1c(NCc2ccc(Br)s2)cccc1S(N)(=O)=O. The summed E-state index contributed by atoms with van der Waals surface area (Å²) in [7, 11) is -3.80. The number of nitrogens with two attached hydrogens (primary N) is 2. The third-order valence-corrected chi connectivity index (χ3v) is 5.05. The first kappa shape index (κ1) is 14.3. The van der Waals surface area contributed by atoms with Crippen molar-refractivity contribution in [2.45, 2.75) is 11.4 Å². The summed E-state index contributed by atoms with van der Waals surface area (Å²) in [6.45, 7) is 0.564. The topological polar surface area (TPSA) is 98.2 Å². The highest BCUT2D eigenvalue weighted by Crippen LogP contribution is 2.27. The van der Waals surface area contributed by atoms with E-state index in [0.717, 1.165) is 8.66 Å². The summed E-state index contributed by atoms with van der Waals surface area (Å²) in [6, 6.07) is 8.63. The predicted molar refractivity (Wildman–Crippen MR) is 81.6 cm³/mol. The summed E-state index contributed by atoms with van der Waals surface area (Å²) >= 11 is 4.97. The number of nitrogens with one attached hydrogen (secondary N) is 1. The third-order valence-electron chi connectivity index (χ3n) is 2.45. The maximum atomic E-state index is 11.3. The Balaban J connectivity index is 2.22. The van der Waals surface area contributed by atoms with Crippen LogP contribution in [0.1, 0.15) is 4.88 Å². The zero-order valence-corrected chi connectivity index (χ0v) is 13.0. The molecule has 102 valence electrons. The van der Waals surface area contributed by atoms with Crippen molar-refractivity contribution in [3.05, 3.63) is 39.0 Å². The smallest absolute Gasteiger partial charge is 0.240 e. The number of anilines is 2. The van der Waals surface area contributed by atoms with Gasteiger partial charge in [0.05, 0.1) is 15.2 Å². The maximum absolute atomic E-state index is 11.3. The van der Waals surface area contributed by atoms with Crippen LogP contribution in [-0.2, 0) is 16.6 Å². The molecule has 1 heterocycles. The molecular weight excluding hydrogens is 350 g/mol. The van der Waals surface area contributed by atoms with E-state index in [0.29, 0.717) is 12.2 Å². The van der Waals surface area contributed by atoms with E-state index in [9.17, 15) is 8.42 Å². The number of nitrogen functional groups attached to an aromatic ring is 1. The minimum Gasteiger partial charge on any atom is -0.396 e. The lowest BCUT2D eigenvalue weighted by Crippen LogP contribution is -2.15. The molecule has 2 aromatic rings. The van der Waals surface area contributed by atoms with Crippen molar-refractivity contribution in [3.63, 3.8) is 0 Å². The first-order chi connectivity index (χ1) is 8.88. The van der Waals surface area contributed by atoms with Gasteiger partial charge in [-0.2, -0.15) is 0 Å². The fourth-order valence-electron chi connectivity index (χ4n) is 1.58. The van der Waals surface area contributed by atoms with Crippen LogP contribution in [0.5, 0.6) is 0 Å². The average Bonchev–Trinajstić information content (AvgIpc) is 2.72. The minimum absolute atomic E-state index is 0.0649. The van der Waals surface area contributed by atoms with Gasteiger partial charge in [0.15, 0.2) is 0 Å². The molecule has 8 heteroatoms. The highest BCUT2D eigenvalue weighted by molar-refractivity contribution is 9.11. The molecule has 0 radical (unpaired) electrons. The van der Waals surface area contributed by atoms with E-state index in [1.54, 1.807) is 23.5 Å². The van der Waals surface area contributed by atoms with E-state index in [1.807, 2.05) is 12.1 Å². The van der Waals surface area contributed by atoms with Crippen LogP contribution in [0.2, 0.25) is 0 Å². The third kappa shape index (κ3) is 3.47. The summed E-state index contributed by atoms with van der Waals surface area (Å²) in [6.07, 6.45) is 0. The molecule has 19 heavy (non-hydrogen) atoms. The van der Waals surface area contributed by atoms with Gasteiger partial charge in [-0.3, -0.25) is 0 Å². The van der Waals surface area contributed by atoms with E-state index >= 15 is 0 Å². The number of thiophene rings is 1. The molecule has 0 unspecified atom stereocenters. The van der Waals surface area contributed by atoms with Crippen molar-refractivity contribution in [3.8, 4) is 0 Å². The summed E-state index contributed by atoms with van der Waals surface area (Å²) in [4.78, 5) is 1.04. The summed E-state index contributed by atoms with van der Waals surface area (Å²) in [5.41, 5.74) is 6.50. The molecule has 0 bridgehead atoms. The van der Waals surface area contributed by atoms with Crippen molar-refractivity contribution in [2.24, 2.45) is 5.14 Å². The van der Waals surface area contributed by atoms with Gasteiger partial charge in [0.1, 0.15) is 4.90 Å². The molecule has 5 nitrogen and oxygen atoms in total. The Labute approximate surface area is 123 Å². The normalized spacial score (nSPS) is 11.5. The van der Waals surface area contributed by atoms with Gasteiger partial charge < -0.3 is 11.1 Å². The second kappa shape index (κ2) is 5.49. The Hall–Kier alpha value is -1.09. The Morgan fingerprint density at radius 3 is 2.58 bits per heavy atom. The molecule has 0 amide bonds. The number of halogens is 1. The predicted octanol–water partition coefficient (Wildman–Crippen LogP) is 2.35. The van der Waals surface area contributed by atoms with E-state index in [-0.39, 0.29) is 10.6 Å². The van der Waals surface area contributed by atoms with Gasteiger partial charge in [-0.1, -0.05) is 6.07 Å². The van der Waals surface area contributed by atoms with Crippen LogP contribution < -0.4 is 16.2 Å². The molecule has 0 aliphatic carbocycles. The quantitative estimate of drug-likeness (QED) is 0.727. The van der Waals surface area contributed by atoms with Crippen molar-refractivity contribution >= 4 is 48.7 Å². The van der Waals surface area contributed by atoms with Crippen molar-refractivity contribution in [1.82, 2.24) is 0 Å². The number of rotatable bonds is 4. The molecule has 0 aliphatic heterocycles. The van der Waals surface area contributed by atoms with E-state index in [1.165, 1.54) is 6.07 Å². The molecule has 0 spiro atoms. The van der Waals surface area contributed by atoms with Crippen molar-refractivity contribution in [2.75, 3.05) is 11.1 Å². The molecule has 0 aliphatic rings. The van der Waals surface area contributed by atoms with E-state index in [2.05, 4.69) is 21.2 Å². The lowest BCUT2D eigenvalue weighted by molar-refractivity contribution is 0.598. The fraction of sp³-hybridized carbons (Fsp3) is 0.0909. The number of para-hydroxylation sites is 1. The minimum atomic E-state index is -3.80. The van der Waals surface area contributed by atoms with Crippen LogP contribution >= 0.6 is 27.3 Å². The summed E-state index contributed by atoms with van der Waals surface area (Å²) in [5, 5.41) is 8.20. The lowest BCUT2D eigenvalue weighted by atomic mass is 10.2. The summed E-state index contributed by atoms with van der Waals surface area (Å²) < 4.78 is 23.7. The standard InChI is InChI=1S/C11H12BrN3O2S2/c12-10-5-4-7(18-10)6-15-8-2-1-3-9(11(8)13)19(14,16)17/h1-5,15H,6,13H2,(H2,14,16,17). The van der Waals surface area contributed by atoms with Crippen LogP contribution in [0.15, 0.2) is 39.0 Å². The summed E-state index contributed by atoms with van der Waals surface area (Å²) in [5.74, 6) is 0. The van der Waals surface area contributed by atoms with Gasteiger partial charge in [-0.15, -0.1) is 11.3 Å². The number of hydrogen-bond donors (Lipinski definition) is 3. The van der Waals surface area contributed by atoms with Crippen molar-refractivity contribution < 1.29 is 8.42 Å². The molecule has 0 atom stereocenters. The number of hydrogen-bond acceptors (Lipinski definition) is 5. The maximum Gasteiger partial charge on any atom is 0.240 e. The Morgan fingerprint density at radius 2 is 2.00 bits per heavy atom. The second-order valence-corrected chi connectivity index (χ2v) is 7.90. The van der Waals surface area contributed by atoms with Gasteiger partial charge in [0.25, 0.3) is 0 Å². The van der Waals surface area contributed by atoms with Crippen LogP contribution in [0.4, 0.5) is 11.4 Å². The monoisotopic (exact) mass is 361 g/mol. The lowest BCUT2D eigenvalue weighted by Gasteiger charge is -2.11. The molecule has 1 aromatic carbocycles. The number of sulfonamides is 1. The first-order valence-corrected chi connectivity index (χ1v) is 8.43. The molecule has 0 saturated heterocycles. The average molecular weight is 362 g/mol. The van der Waals surface area contributed by atoms with Crippen LogP contribution in [-0.4, -0.2) is 8.42 Å². The van der Waals surface area contributed by atoms with Gasteiger partial charge in [-0.25, -0.2) is 13.6 Å². The van der Waals surface area contributed by atoms with Crippen LogP contribution in [0, 0.1) is 0 Å². The van der Waals surface area contributed by atoms with Gasteiger partial charge in [-0.05, 0) is 40.2 Å². The Bertz CT molecular complexity index is 698. The van der Waals surface area contributed by atoms with E-state index in [4.69, 9.17) is 10.9 Å². The molecule has 2 rings (SSSR count). The zero-order valence-electron chi connectivity index (χ0n) is 9.76. The second-order valence-electron chi connectivity index (χ2n) is 3.82. The van der Waals surface area contributed by atoms with Gasteiger partial charge in [0, 0.05) is 11.4 Å². The molecule has 0 saturated carbocycles. The van der Waals surface area contributed by atoms with Crippen molar-refractivity contribution in [1.29, 1.82) is 0 Å². The molecule has 0 fully saturated rings. The fourth-order valence-corrected chi connectivity index (χ4v) is 3.68. The first-order valence-electron chi connectivity index (χ1n) is 5.27. The van der Waals surface area contributed by atoms with Crippen LogP contribution in [0.3, 0.4) is 0 Å². The largest absolute Gasteiger partial charge is 0.396 e. The zero-order chi connectivity index (χ0) is 14.0. The highest BCUT2D eigenvalue weighted by Gasteiger charge is 2.14. The molecule has 5 N–H and O–H groups in total. The van der Waals surface area contributed by atoms with E-state index < -0.39 is 10.0 Å².